The minimum atomic E-state index is 0.0657. The SMILES string of the molecule is Cc1ccc(C(=O)N2CCC(NC(=O)C3CCCC(N)C3)CC2)cc1. The molecule has 1 saturated heterocycles. The van der Waals surface area contributed by atoms with E-state index in [0.717, 1.165) is 49.7 Å². The molecule has 1 saturated carbocycles. The summed E-state index contributed by atoms with van der Waals surface area (Å²) in [6.45, 7) is 3.41. The Labute approximate surface area is 150 Å². The predicted octanol–water partition coefficient (Wildman–Crippen LogP) is 2.23. The van der Waals surface area contributed by atoms with E-state index in [1.807, 2.05) is 36.1 Å². The first-order valence-corrected chi connectivity index (χ1v) is 9.45. The average molecular weight is 343 g/mol. The van der Waals surface area contributed by atoms with Gasteiger partial charge in [-0.3, -0.25) is 9.59 Å². The summed E-state index contributed by atoms with van der Waals surface area (Å²) < 4.78 is 0. The van der Waals surface area contributed by atoms with Crippen molar-refractivity contribution in [3.05, 3.63) is 35.4 Å². The minimum Gasteiger partial charge on any atom is -0.353 e. The van der Waals surface area contributed by atoms with Gasteiger partial charge in [-0.05, 0) is 51.2 Å². The highest BCUT2D eigenvalue weighted by atomic mass is 16.2. The van der Waals surface area contributed by atoms with E-state index in [1.54, 1.807) is 0 Å². The molecule has 2 atom stereocenters. The lowest BCUT2D eigenvalue weighted by Gasteiger charge is -2.34. The molecule has 1 heterocycles. The summed E-state index contributed by atoms with van der Waals surface area (Å²) in [5, 5.41) is 3.18. The van der Waals surface area contributed by atoms with E-state index in [2.05, 4.69) is 5.32 Å². The van der Waals surface area contributed by atoms with Crippen molar-refractivity contribution in [3.63, 3.8) is 0 Å². The van der Waals surface area contributed by atoms with Crippen molar-refractivity contribution in [1.29, 1.82) is 0 Å². The molecule has 0 radical (unpaired) electrons. The Hall–Kier alpha value is -1.88. The summed E-state index contributed by atoms with van der Waals surface area (Å²) in [6, 6.07) is 8.05. The Bertz CT molecular complexity index is 606. The molecule has 1 aromatic rings. The van der Waals surface area contributed by atoms with Gasteiger partial charge < -0.3 is 16.0 Å². The molecule has 2 amide bonds. The first kappa shape index (κ1) is 17.9. The molecular formula is C20H29N3O2. The van der Waals surface area contributed by atoms with E-state index in [0.29, 0.717) is 13.1 Å². The average Bonchev–Trinajstić information content (AvgIpc) is 2.62. The lowest BCUT2D eigenvalue weighted by Crippen LogP contribution is -2.48. The molecule has 136 valence electrons. The molecule has 1 aliphatic carbocycles. The maximum Gasteiger partial charge on any atom is 0.253 e. The number of hydrogen-bond acceptors (Lipinski definition) is 3. The van der Waals surface area contributed by atoms with Crippen molar-refractivity contribution >= 4 is 11.8 Å². The standard InChI is InChI=1S/C20H29N3O2/c1-14-5-7-15(8-6-14)20(25)23-11-9-18(10-12-23)22-19(24)16-3-2-4-17(21)13-16/h5-8,16-18H,2-4,9-13,21H2,1H3,(H,22,24). The summed E-state index contributed by atoms with van der Waals surface area (Å²) in [5.41, 5.74) is 7.88. The lowest BCUT2D eigenvalue weighted by atomic mass is 9.85. The number of hydrogen-bond donors (Lipinski definition) is 2. The summed E-state index contributed by atoms with van der Waals surface area (Å²) in [7, 11) is 0. The maximum atomic E-state index is 12.5. The number of amides is 2. The Balaban J connectivity index is 1.47. The normalized spacial score (nSPS) is 24.8. The van der Waals surface area contributed by atoms with Crippen LogP contribution in [0.1, 0.15) is 54.4 Å². The van der Waals surface area contributed by atoms with E-state index in [4.69, 9.17) is 5.73 Å². The molecule has 3 rings (SSSR count). The summed E-state index contributed by atoms with van der Waals surface area (Å²) >= 11 is 0. The van der Waals surface area contributed by atoms with Crippen molar-refractivity contribution in [2.45, 2.75) is 57.5 Å². The van der Waals surface area contributed by atoms with Gasteiger partial charge in [-0.2, -0.15) is 0 Å². The van der Waals surface area contributed by atoms with E-state index in [1.165, 1.54) is 0 Å². The van der Waals surface area contributed by atoms with Crippen LogP contribution in [0.25, 0.3) is 0 Å². The van der Waals surface area contributed by atoms with Crippen LogP contribution in [-0.2, 0) is 4.79 Å². The van der Waals surface area contributed by atoms with Crippen LogP contribution in [0.2, 0.25) is 0 Å². The number of aryl methyl sites for hydroxylation is 1. The zero-order valence-corrected chi connectivity index (χ0v) is 15.0. The van der Waals surface area contributed by atoms with Gasteiger partial charge in [0.15, 0.2) is 0 Å². The highest BCUT2D eigenvalue weighted by Gasteiger charge is 2.29. The van der Waals surface area contributed by atoms with Gasteiger partial charge in [0, 0.05) is 36.7 Å². The molecule has 0 aromatic heterocycles. The fourth-order valence-corrected chi connectivity index (χ4v) is 3.89. The van der Waals surface area contributed by atoms with Gasteiger partial charge in [0.05, 0.1) is 0 Å². The molecule has 3 N–H and O–H groups in total. The van der Waals surface area contributed by atoms with Crippen molar-refractivity contribution in [3.8, 4) is 0 Å². The molecule has 0 spiro atoms. The molecule has 2 aliphatic rings. The Kier molecular flexibility index (Phi) is 5.74. The third kappa shape index (κ3) is 4.60. The van der Waals surface area contributed by atoms with Crippen LogP contribution in [0.5, 0.6) is 0 Å². The second kappa shape index (κ2) is 8.00. The monoisotopic (exact) mass is 343 g/mol. The number of benzene rings is 1. The smallest absolute Gasteiger partial charge is 0.253 e. The van der Waals surface area contributed by atoms with Crippen molar-refractivity contribution in [1.82, 2.24) is 10.2 Å². The van der Waals surface area contributed by atoms with E-state index in [-0.39, 0.29) is 29.8 Å². The Morgan fingerprint density at radius 3 is 2.40 bits per heavy atom. The number of nitrogens with two attached hydrogens (primary N) is 1. The molecule has 0 bridgehead atoms. The van der Waals surface area contributed by atoms with Gasteiger partial charge >= 0.3 is 0 Å². The quantitative estimate of drug-likeness (QED) is 0.884. The second-order valence-electron chi connectivity index (χ2n) is 7.56. The molecule has 2 fully saturated rings. The van der Waals surface area contributed by atoms with Gasteiger partial charge in [0.1, 0.15) is 0 Å². The zero-order chi connectivity index (χ0) is 17.8. The van der Waals surface area contributed by atoms with E-state index >= 15 is 0 Å². The topological polar surface area (TPSA) is 75.4 Å². The Morgan fingerprint density at radius 2 is 1.76 bits per heavy atom. The van der Waals surface area contributed by atoms with Gasteiger partial charge in [-0.15, -0.1) is 0 Å². The molecule has 5 nitrogen and oxygen atoms in total. The highest BCUT2D eigenvalue weighted by Crippen LogP contribution is 2.24. The van der Waals surface area contributed by atoms with Crippen LogP contribution in [-0.4, -0.2) is 41.9 Å². The van der Waals surface area contributed by atoms with Crippen molar-refractivity contribution in [2.24, 2.45) is 11.7 Å². The largest absolute Gasteiger partial charge is 0.353 e. The number of carbonyl (C=O) groups excluding carboxylic acids is 2. The molecule has 2 unspecified atom stereocenters. The van der Waals surface area contributed by atoms with Gasteiger partial charge in [0.25, 0.3) is 5.91 Å². The number of nitrogens with one attached hydrogen (secondary N) is 1. The molecule has 1 aliphatic heterocycles. The van der Waals surface area contributed by atoms with E-state index in [9.17, 15) is 9.59 Å². The molecule has 1 aromatic carbocycles. The molecular weight excluding hydrogens is 314 g/mol. The van der Waals surface area contributed by atoms with Crippen molar-refractivity contribution < 1.29 is 9.59 Å². The first-order chi connectivity index (χ1) is 12.0. The molecule has 5 heteroatoms. The highest BCUT2D eigenvalue weighted by molar-refractivity contribution is 5.94. The number of rotatable bonds is 3. The van der Waals surface area contributed by atoms with Crippen LogP contribution in [0.15, 0.2) is 24.3 Å². The number of likely N-dealkylation sites (tertiary alicyclic amines) is 1. The fourth-order valence-electron chi connectivity index (χ4n) is 3.89. The van der Waals surface area contributed by atoms with Crippen LogP contribution < -0.4 is 11.1 Å². The minimum absolute atomic E-state index is 0.0657. The van der Waals surface area contributed by atoms with Crippen LogP contribution in [0.3, 0.4) is 0 Å². The fraction of sp³-hybridized carbons (Fsp3) is 0.600. The number of piperidine rings is 1. The second-order valence-corrected chi connectivity index (χ2v) is 7.56. The van der Waals surface area contributed by atoms with Crippen molar-refractivity contribution in [2.75, 3.05) is 13.1 Å². The van der Waals surface area contributed by atoms with E-state index < -0.39 is 0 Å². The summed E-state index contributed by atoms with van der Waals surface area (Å²) in [6.07, 6.45) is 5.47. The van der Waals surface area contributed by atoms with Crippen LogP contribution in [0.4, 0.5) is 0 Å². The molecule has 25 heavy (non-hydrogen) atoms. The third-order valence-corrected chi connectivity index (χ3v) is 5.51. The maximum absolute atomic E-state index is 12.5. The van der Waals surface area contributed by atoms with Gasteiger partial charge in [0.2, 0.25) is 5.91 Å². The predicted molar refractivity (Wildman–Crippen MR) is 98.2 cm³/mol. The zero-order valence-electron chi connectivity index (χ0n) is 15.0. The third-order valence-electron chi connectivity index (χ3n) is 5.51. The lowest BCUT2D eigenvalue weighted by molar-refractivity contribution is -0.127. The number of nitrogens with zero attached hydrogens (tertiary/aromatic N) is 1. The Morgan fingerprint density at radius 1 is 1.08 bits per heavy atom. The van der Waals surface area contributed by atoms with Gasteiger partial charge in [-0.1, -0.05) is 24.1 Å². The first-order valence-electron chi connectivity index (χ1n) is 9.45. The van der Waals surface area contributed by atoms with Gasteiger partial charge in [-0.25, -0.2) is 0 Å². The summed E-state index contributed by atoms with van der Waals surface area (Å²) in [4.78, 5) is 26.9. The summed E-state index contributed by atoms with van der Waals surface area (Å²) in [5.74, 6) is 0.303. The van der Waals surface area contributed by atoms with Crippen LogP contribution in [0, 0.1) is 12.8 Å². The number of carbonyl (C=O) groups is 2. The van der Waals surface area contributed by atoms with Crippen LogP contribution >= 0.6 is 0 Å².